The van der Waals surface area contributed by atoms with E-state index in [4.69, 9.17) is 18.8 Å². The number of Topliss-reactive ketones (excluding diaryl/α,β-unsaturated/α-hetero) is 1. The van der Waals surface area contributed by atoms with Crippen molar-refractivity contribution in [3.8, 4) is 0 Å². The molecule has 0 spiro atoms. The summed E-state index contributed by atoms with van der Waals surface area (Å²) in [5.41, 5.74) is 1.55. The fourth-order valence-electron chi connectivity index (χ4n) is 1.45. The fourth-order valence-corrected chi connectivity index (χ4v) is 1.45. The van der Waals surface area contributed by atoms with Crippen molar-refractivity contribution in [2.24, 2.45) is 0 Å². The molecule has 0 saturated heterocycles. The summed E-state index contributed by atoms with van der Waals surface area (Å²) >= 11 is -0.472. The third-order valence-electron chi connectivity index (χ3n) is 2.14. The van der Waals surface area contributed by atoms with Crippen LogP contribution in [0.1, 0.15) is 27.6 Å². The van der Waals surface area contributed by atoms with Crippen LogP contribution in [0.3, 0.4) is 0 Å². The first-order valence-electron chi connectivity index (χ1n) is 4.30. The van der Waals surface area contributed by atoms with Gasteiger partial charge in [0.2, 0.25) is 0 Å². The number of benzene rings is 1. The van der Waals surface area contributed by atoms with Gasteiger partial charge in [-0.1, -0.05) is 24.3 Å². The molecule has 0 heterocycles. The van der Waals surface area contributed by atoms with Gasteiger partial charge in [0.05, 0.1) is 0 Å². The minimum atomic E-state index is -0.472. The van der Waals surface area contributed by atoms with E-state index in [0.29, 0.717) is 16.7 Å². The Morgan fingerprint density at radius 3 is 1.94 bits per heavy atom. The van der Waals surface area contributed by atoms with Crippen molar-refractivity contribution in [3.63, 3.8) is 0 Å². The summed E-state index contributed by atoms with van der Waals surface area (Å²) < 4.78 is 0. The van der Waals surface area contributed by atoms with E-state index in [9.17, 15) is 9.59 Å². The Morgan fingerprint density at radius 1 is 1.00 bits per heavy atom. The molecule has 4 nitrogen and oxygen atoms in total. The minimum absolute atomic E-state index is 0. The zero-order chi connectivity index (χ0) is 12.1. The molecule has 1 aromatic carbocycles. The van der Waals surface area contributed by atoms with Crippen molar-refractivity contribution >= 4 is 30.4 Å². The number of hydrogen-bond donors (Lipinski definition) is 0. The van der Waals surface area contributed by atoms with Crippen LogP contribution in [0.4, 0.5) is 0 Å². The molecule has 0 bridgehead atoms. The molecule has 18 heavy (non-hydrogen) atoms. The average molecular weight is 470 g/mol. The number of rotatable bonds is 0. The van der Waals surface area contributed by atoms with Crippen LogP contribution in [-0.4, -0.2) is 11.6 Å². The Labute approximate surface area is 122 Å². The molecular weight excluding hydrogens is 458 g/mol. The van der Waals surface area contributed by atoms with Gasteiger partial charge in [0.25, 0.3) is 0 Å². The Hall–Kier alpha value is -0.512. The van der Waals surface area contributed by atoms with Gasteiger partial charge in [-0.05, 0) is 13.0 Å². The van der Waals surface area contributed by atoms with E-state index in [1.165, 1.54) is 6.08 Å². The topological polar surface area (TPSA) is 101 Å². The molecule has 0 saturated carbocycles. The van der Waals surface area contributed by atoms with E-state index < -0.39 is 16.5 Å². The second-order valence-corrected chi connectivity index (χ2v) is 6.39. The van der Waals surface area contributed by atoms with Crippen LogP contribution in [0.15, 0.2) is 35.9 Å². The van der Waals surface area contributed by atoms with Crippen LogP contribution in [0.5, 0.6) is 0 Å². The number of carbonyl (C=O) groups excluding carboxylic acids is 2. The third kappa shape index (κ3) is 4.63. The first-order chi connectivity index (χ1) is 7.61. The second-order valence-electron chi connectivity index (χ2n) is 3.11. The van der Waals surface area contributed by atoms with Gasteiger partial charge in [-0.15, -0.1) is 0 Å². The number of nitrogens with two attached hydrogens (primary N) is 2. The molecule has 0 amide bonds. The molecule has 2 rings (SSSR count). The van der Waals surface area contributed by atoms with E-state index >= 15 is 0 Å². The monoisotopic (exact) mass is 469 g/mol. The quantitative estimate of drug-likeness (QED) is 0.543. The summed E-state index contributed by atoms with van der Waals surface area (Å²) in [7, 11) is 9.75. The number of fused-ring (bicyclic) bond motifs is 1. The molecule has 0 aromatic heterocycles. The van der Waals surface area contributed by atoms with Crippen molar-refractivity contribution in [2.75, 3.05) is 0 Å². The summed E-state index contributed by atoms with van der Waals surface area (Å²) in [6.07, 6.45) is 1.39. The smallest absolute Gasteiger partial charge is 0.693 e. The number of allylic oxidation sites excluding steroid dienone is 2. The van der Waals surface area contributed by atoms with Crippen LogP contribution < -0.4 is 0 Å². The van der Waals surface area contributed by atoms with Gasteiger partial charge in [-0.25, -0.2) is 0 Å². The van der Waals surface area contributed by atoms with Gasteiger partial charge < -0.3 is 12.3 Å². The molecule has 0 fully saturated rings. The van der Waals surface area contributed by atoms with Crippen LogP contribution in [0.2, 0.25) is 0 Å². The number of hydrogen-bond acceptors (Lipinski definition) is 2. The van der Waals surface area contributed by atoms with Gasteiger partial charge in [0.15, 0.2) is 11.6 Å². The van der Waals surface area contributed by atoms with Crippen LogP contribution >= 0.6 is 18.8 Å². The summed E-state index contributed by atoms with van der Waals surface area (Å²) in [5, 5.41) is 0. The van der Waals surface area contributed by atoms with Crippen LogP contribution in [0.25, 0.3) is 12.3 Å². The van der Waals surface area contributed by atoms with E-state index in [0.717, 1.165) is 0 Å². The summed E-state index contributed by atoms with van der Waals surface area (Å²) in [4.78, 5) is 23.0. The third-order valence-corrected chi connectivity index (χ3v) is 2.14. The van der Waals surface area contributed by atoms with Gasteiger partial charge in [0.1, 0.15) is 0 Å². The van der Waals surface area contributed by atoms with E-state index in [1.54, 1.807) is 31.2 Å². The maximum absolute atomic E-state index is 11.5. The number of halogens is 2. The van der Waals surface area contributed by atoms with Gasteiger partial charge in [-0.2, -0.15) is 0 Å². The molecule has 102 valence electrons. The normalized spacial score (nSPS) is 12.3. The van der Waals surface area contributed by atoms with Crippen molar-refractivity contribution in [1.82, 2.24) is 0 Å². The van der Waals surface area contributed by atoms with Crippen molar-refractivity contribution in [2.45, 2.75) is 6.92 Å². The Bertz CT molecular complexity index is 464. The van der Waals surface area contributed by atoms with Crippen molar-refractivity contribution in [3.05, 3.63) is 59.3 Å². The summed E-state index contributed by atoms with van der Waals surface area (Å²) in [6.45, 7) is 1.66. The molecule has 0 radical (unpaired) electrons. The first-order valence-corrected chi connectivity index (χ1v) is 9.93. The Morgan fingerprint density at radius 2 is 1.44 bits per heavy atom. The van der Waals surface area contributed by atoms with Crippen molar-refractivity contribution in [1.29, 1.82) is 0 Å². The molecular formula is C11H12Cl2N2O2Pt. The van der Waals surface area contributed by atoms with Crippen LogP contribution in [-0.2, 0) is 16.5 Å². The molecule has 7 heteroatoms. The fraction of sp³-hybridized carbons (Fsp3) is 0.0909. The van der Waals surface area contributed by atoms with E-state index in [-0.39, 0.29) is 23.9 Å². The van der Waals surface area contributed by atoms with E-state index in [1.807, 2.05) is 0 Å². The Balaban J connectivity index is 0. The maximum Gasteiger partial charge on any atom is -0.693 e. The molecule has 4 N–H and O–H groups in total. The molecule has 0 unspecified atom stereocenters. The van der Waals surface area contributed by atoms with Crippen molar-refractivity contribution < 1.29 is 26.1 Å². The van der Waals surface area contributed by atoms with Crippen LogP contribution in [0, 0.1) is 0 Å². The second kappa shape index (κ2) is 9.42. The molecule has 1 aliphatic carbocycles. The van der Waals surface area contributed by atoms with Gasteiger partial charge in [0, 0.05) is 16.7 Å². The zero-order valence-electron chi connectivity index (χ0n) is 9.43. The maximum atomic E-state index is 11.5. The number of carbonyl (C=O) groups is 2. The Kier molecular flexibility index (Phi) is 10.4. The average Bonchev–Trinajstić information content (AvgIpc) is 2.27. The molecule has 1 aromatic rings. The van der Waals surface area contributed by atoms with Gasteiger partial charge >= 0.3 is 35.3 Å². The number of ketones is 2. The molecule has 0 atom stereocenters. The SMILES string of the molecule is CC1=CC(=O)c2ccccc2C1=O.[Cl][Pt+2][Cl].[NH2-].[NH2-]. The largest absolute Gasteiger partial charge is 0.693 e. The minimum Gasteiger partial charge on any atom is -0.693 e. The van der Waals surface area contributed by atoms with E-state index in [2.05, 4.69) is 0 Å². The predicted octanol–water partition coefficient (Wildman–Crippen LogP) is 4.82. The zero-order valence-corrected chi connectivity index (χ0v) is 13.2. The standard InChI is InChI=1S/C11H8O2.2ClH.2H2N.Pt/c1-7-6-10(12)8-4-2-3-5-9(8)11(7)13;;;;;/h2-6H,1H3;2*1H;2*1H2;/q;;;2*-1;+4/p-2. The predicted molar refractivity (Wildman–Crippen MR) is 71.1 cm³/mol. The molecule has 0 aliphatic heterocycles. The first kappa shape index (κ1) is 19.8. The molecule has 1 aliphatic rings. The summed E-state index contributed by atoms with van der Waals surface area (Å²) in [5.74, 6) is -0.122. The van der Waals surface area contributed by atoms with Gasteiger partial charge in [-0.3, -0.25) is 9.59 Å². The summed E-state index contributed by atoms with van der Waals surface area (Å²) in [6, 6.07) is 6.89.